The van der Waals surface area contributed by atoms with Crippen LogP contribution in [0, 0.1) is 19.8 Å². The Labute approximate surface area is 167 Å². The van der Waals surface area contributed by atoms with E-state index < -0.39 is 10.0 Å². The van der Waals surface area contributed by atoms with E-state index in [1.165, 1.54) is 4.31 Å². The lowest BCUT2D eigenvalue weighted by molar-refractivity contribution is -0.126. The van der Waals surface area contributed by atoms with Gasteiger partial charge in [-0.25, -0.2) is 8.42 Å². The highest BCUT2D eigenvalue weighted by Gasteiger charge is 2.34. The van der Waals surface area contributed by atoms with Crippen molar-refractivity contribution in [3.05, 3.63) is 65.2 Å². The molecule has 1 amide bonds. The molecule has 0 radical (unpaired) electrons. The molecule has 1 aliphatic rings. The third-order valence-electron chi connectivity index (χ3n) is 5.37. The van der Waals surface area contributed by atoms with Gasteiger partial charge in [-0.3, -0.25) is 4.79 Å². The zero-order chi connectivity index (χ0) is 20.3. The molecule has 0 aromatic heterocycles. The maximum absolute atomic E-state index is 13.2. The van der Waals surface area contributed by atoms with E-state index in [-0.39, 0.29) is 24.4 Å². The molecule has 0 spiro atoms. The summed E-state index contributed by atoms with van der Waals surface area (Å²) in [5, 5.41) is 3.04. The Kier molecular flexibility index (Phi) is 6.20. The molecule has 2 unspecified atom stereocenters. The molecule has 0 bridgehead atoms. The second kappa shape index (κ2) is 8.45. The fraction of sp³-hybridized carbons (Fsp3) is 0.409. The van der Waals surface area contributed by atoms with E-state index in [9.17, 15) is 13.2 Å². The fourth-order valence-corrected chi connectivity index (χ4v) is 5.49. The first-order valence-electron chi connectivity index (χ1n) is 9.72. The number of nitrogens with one attached hydrogen (secondary N) is 1. The van der Waals surface area contributed by atoms with Crippen molar-refractivity contribution in [1.82, 2.24) is 9.62 Å². The van der Waals surface area contributed by atoms with Gasteiger partial charge >= 0.3 is 0 Å². The molecule has 28 heavy (non-hydrogen) atoms. The number of amides is 1. The molecule has 0 saturated carbocycles. The van der Waals surface area contributed by atoms with Crippen molar-refractivity contribution in [2.45, 2.75) is 44.6 Å². The normalized spacial score (nSPS) is 19.2. The van der Waals surface area contributed by atoms with Gasteiger partial charge in [-0.1, -0.05) is 42.5 Å². The van der Waals surface area contributed by atoms with Crippen molar-refractivity contribution in [2.75, 3.05) is 13.1 Å². The summed E-state index contributed by atoms with van der Waals surface area (Å²) in [6.45, 7) is 6.31. The number of carbonyl (C=O) groups excluding carboxylic acids is 1. The third-order valence-corrected chi connectivity index (χ3v) is 7.38. The first kappa shape index (κ1) is 20.6. The molecular weight excluding hydrogens is 372 g/mol. The summed E-state index contributed by atoms with van der Waals surface area (Å²) < 4.78 is 27.8. The molecule has 5 nitrogen and oxygen atoms in total. The number of aryl methyl sites for hydroxylation is 2. The zero-order valence-corrected chi connectivity index (χ0v) is 17.5. The Morgan fingerprint density at radius 2 is 1.86 bits per heavy atom. The van der Waals surface area contributed by atoms with Crippen LogP contribution in [0.3, 0.4) is 0 Å². The van der Waals surface area contributed by atoms with E-state index in [0.29, 0.717) is 24.3 Å². The van der Waals surface area contributed by atoms with Gasteiger partial charge in [-0.2, -0.15) is 4.31 Å². The molecule has 150 valence electrons. The summed E-state index contributed by atoms with van der Waals surface area (Å²) >= 11 is 0. The molecule has 2 aromatic rings. The van der Waals surface area contributed by atoms with Crippen molar-refractivity contribution < 1.29 is 13.2 Å². The summed E-state index contributed by atoms with van der Waals surface area (Å²) in [4.78, 5) is 13.1. The van der Waals surface area contributed by atoms with Gasteiger partial charge in [0.05, 0.1) is 16.9 Å². The molecule has 1 aliphatic heterocycles. The lowest BCUT2D eigenvalue weighted by Gasteiger charge is -2.32. The van der Waals surface area contributed by atoms with Crippen molar-refractivity contribution in [1.29, 1.82) is 0 Å². The minimum Gasteiger partial charge on any atom is -0.349 e. The van der Waals surface area contributed by atoms with Gasteiger partial charge in [0.1, 0.15) is 0 Å². The molecular formula is C22H28N2O3S. The topological polar surface area (TPSA) is 66.5 Å². The highest BCUT2D eigenvalue weighted by molar-refractivity contribution is 7.89. The molecule has 1 N–H and O–H groups in total. The summed E-state index contributed by atoms with van der Waals surface area (Å²) in [7, 11) is -3.61. The molecule has 2 aromatic carbocycles. The number of hydrogen-bond acceptors (Lipinski definition) is 3. The van der Waals surface area contributed by atoms with Gasteiger partial charge in [0, 0.05) is 13.1 Å². The molecule has 0 aliphatic carbocycles. The Morgan fingerprint density at radius 1 is 1.14 bits per heavy atom. The highest BCUT2D eigenvalue weighted by Crippen LogP contribution is 2.27. The SMILES string of the molecule is Cc1ccc(C)c(S(=O)(=O)N2CCCC(C(=O)NC(C)c3ccccc3)C2)c1. The third kappa shape index (κ3) is 4.45. The van der Waals surface area contributed by atoms with Crippen molar-refractivity contribution in [3.8, 4) is 0 Å². The van der Waals surface area contributed by atoms with Crippen molar-refractivity contribution in [2.24, 2.45) is 5.92 Å². The van der Waals surface area contributed by atoms with Gasteiger partial charge < -0.3 is 5.32 Å². The fourth-order valence-electron chi connectivity index (χ4n) is 3.66. The van der Waals surface area contributed by atoms with Gasteiger partial charge in [-0.05, 0) is 56.4 Å². The monoisotopic (exact) mass is 400 g/mol. The first-order valence-corrected chi connectivity index (χ1v) is 11.2. The van der Waals surface area contributed by atoms with E-state index in [4.69, 9.17) is 0 Å². The van der Waals surface area contributed by atoms with Crippen LogP contribution in [-0.2, 0) is 14.8 Å². The summed E-state index contributed by atoms with van der Waals surface area (Å²) in [5.41, 5.74) is 2.67. The van der Waals surface area contributed by atoms with Crippen molar-refractivity contribution >= 4 is 15.9 Å². The average Bonchev–Trinajstić information content (AvgIpc) is 2.70. The number of benzene rings is 2. The van der Waals surface area contributed by atoms with Gasteiger partial charge in [0.15, 0.2) is 0 Å². The Morgan fingerprint density at radius 3 is 2.57 bits per heavy atom. The number of piperidine rings is 1. The van der Waals surface area contributed by atoms with Crippen LogP contribution in [0.4, 0.5) is 0 Å². The second-order valence-corrected chi connectivity index (χ2v) is 9.52. The predicted molar refractivity (Wildman–Crippen MR) is 110 cm³/mol. The average molecular weight is 401 g/mol. The van der Waals surface area contributed by atoms with Gasteiger partial charge in [-0.15, -0.1) is 0 Å². The largest absolute Gasteiger partial charge is 0.349 e. The number of hydrogen-bond donors (Lipinski definition) is 1. The molecule has 6 heteroatoms. The lowest BCUT2D eigenvalue weighted by atomic mass is 9.98. The highest BCUT2D eigenvalue weighted by atomic mass is 32.2. The minimum absolute atomic E-state index is 0.0859. The van der Waals surface area contributed by atoms with Crippen LogP contribution in [0.25, 0.3) is 0 Å². The van der Waals surface area contributed by atoms with E-state index in [1.807, 2.05) is 63.2 Å². The number of sulfonamides is 1. The van der Waals surface area contributed by atoms with Crippen LogP contribution < -0.4 is 5.32 Å². The summed E-state index contributed by atoms with van der Waals surface area (Å²) in [6.07, 6.45) is 1.38. The molecule has 3 rings (SSSR count). The quantitative estimate of drug-likeness (QED) is 0.834. The minimum atomic E-state index is -3.61. The number of rotatable bonds is 5. The van der Waals surface area contributed by atoms with E-state index in [2.05, 4.69) is 5.32 Å². The standard InChI is InChI=1S/C22H28N2O3S/c1-16-11-12-17(2)21(14-16)28(26,27)24-13-7-10-20(15-24)22(25)23-18(3)19-8-5-4-6-9-19/h4-6,8-9,11-12,14,18,20H,7,10,13,15H2,1-3H3,(H,23,25). The van der Waals surface area contributed by atoms with Crippen LogP contribution in [0.5, 0.6) is 0 Å². The number of nitrogens with zero attached hydrogens (tertiary/aromatic N) is 1. The van der Waals surface area contributed by atoms with Crippen LogP contribution in [0.2, 0.25) is 0 Å². The van der Waals surface area contributed by atoms with Crippen LogP contribution in [0.15, 0.2) is 53.4 Å². The Balaban J connectivity index is 1.73. The summed E-state index contributed by atoms with van der Waals surface area (Å²) in [5.74, 6) is -0.419. The van der Waals surface area contributed by atoms with Crippen LogP contribution >= 0.6 is 0 Å². The molecule has 1 saturated heterocycles. The first-order chi connectivity index (χ1) is 13.3. The Hall–Kier alpha value is -2.18. The van der Waals surface area contributed by atoms with Crippen molar-refractivity contribution in [3.63, 3.8) is 0 Å². The molecule has 1 fully saturated rings. The van der Waals surface area contributed by atoms with Crippen LogP contribution in [-0.4, -0.2) is 31.7 Å². The zero-order valence-electron chi connectivity index (χ0n) is 16.7. The molecule has 2 atom stereocenters. The second-order valence-electron chi connectivity index (χ2n) is 7.61. The van der Waals surface area contributed by atoms with E-state index in [0.717, 1.165) is 16.7 Å². The van der Waals surface area contributed by atoms with E-state index >= 15 is 0 Å². The Bertz CT molecular complexity index is 942. The maximum atomic E-state index is 13.2. The summed E-state index contributed by atoms with van der Waals surface area (Å²) in [6, 6.07) is 15.1. The predicted octanol–water partition coefficient (Wildman–Crippen LogP) is 3.58. The lowest BCUT2D eigenvalue weighted by Crippen LogP contribution is -2.45. The molecule has 1 heterocycles. The van der Waals surface area contributed by atoms with Gasteiger partial charge in [0.2, 0.25) is 15.9 Å². The van der Waals surface area contributed by atoms with Gasteiger partial charge in [0.25, 0.3) is 0 Å². The smallest absolute Gasteiger partial charge is 0.243 e. The number of carbonyl (C=O) groups is 1. The maximum Gasteiger partial charge on any atom is 0.243 e. The van der Waals surface area contributed by atoms with Crippen LogP contribution in [0.1, 0.15) is 42.5 Å². The van der Waals surface area contributed by atoms with E-state index in [1.54, 1.807) is 6.07 Å².